The summed E-state index contributed by atoms with van der Waals surface area (Å²) < 4.78 is 0. The second kappa shape index (κ2) is 8.02. The lowest BCUT2D eigenvalue weighted by Crippen LogP contribution is -2.49. The fourth-order valence-corrected chi connectivity index (χ4v) is 4.02. The Morgan fingerprint density at radius 3 is 2.73 bits per heavy atom. The molecule has 0 radical (unpaired) electrons. The van der Waals surface area contributed by atoms with E-state index >= 15 is 0 Å². The van der Waals surface area contributed by atoms with Crippen LogP contribution in [-0.2, 0) is 16.0 Å². The number of carbonyl (C=O) groups is 2. The van der Waals surface area contributed by atoms with Crippen LogP contribution in [0.15, 0.2) is 5.38 Å². The molecule has 2 amide bonds. The average Bonchev–Trinajstić information content (AvgIpc) is 3.24. The summed E-state index contributed by atoms with van der Waals surface area (Å²) in [5, 5.41) is 8.62. The van der Waals surface area contributed by atoms with Crippen molar-refractivity contribution in [1.82, 2.24) is 20.1 Å². The first-order valence-corrected chi connectivity index (χ1v) is 10.2. The molecule has 1 atom stereocenters. The van der Waals surface area contributed by atoms with Gasteiger partial charge in [0.05, 0.1) is 12.1 Å². The number of aromatic nitrogens is 1. The van der Waals surface area contributed by atoms with E-state index in [0.717, 1.165) is 51.4 Å². The van der Waals surface area contributed by atoms with Gasteiger partial charge in [-0.2, -0.15) is 0 Å². The maximum absolute atomic E-state index is 12.6. The Kier molecular flexibility index (Phi) is 5.94. The second-order valence-electron chi connectivity index (χ2n) is 8.09. The topological polar surface area (TPSA) is 77.6 Å². The normalized spacial score (nSPS) is 21.8. The summed E-state index contributed by atoms with van der Waals surface area (Å²) in [5.41, 5.74) is 0.269. The molecule has 2 N–H and O–H groups in total. The van der Waals surface area contributed by atoms with Gasteiger partial charge in [-0.3, -0.25) is 14.5 Å². The van der Waals surface area contributed by atoms with E-state index in [-0.39, 0.29) is 11.8 Å². The van der Waals surface area contributed by atoms with Crippen LogP contribution >= 0.6 is 11.3 Å². The third-order valence-corrected chi connectivity index (χ3v) is 5.78. The van der Waals surface area contributed by atoms with Gasteiger partial charge < -0.3 is 15.5 Å². The van der Waals surface area contributed by atoms with E-state index < -0.39 is 5.41 Å². The molecular formula is C18H29N5O2S. The van der Waals surface area contributed by atoms with E-state index in [1.54, 1.807) is 0 Å². The molecule has 1 aromatic heterocycles. The number of hydrogen-bond donors (Lipinski definition) is 2. The lowest BCUT2D eigenvalue weighted by Gasteiger charge is -2.32. The van der Waals surface area contributed by atoms with Gasteiger partial charge in [0.15, 0.2) is 5.13 Å². The zero-order valence-electron chi connectivity index (χ0n) is 15.9. The molecule has 0 saturated carbocycles. The third kappa shape index (κ3) is 4.81. The first-order chi connectivity index (χ1) is 12.3. The number of rotatable bonds is 4. The fourth-order valence-electron chi connectivity index (χ4n) is 3.31. The number of piperazine rings is 1. The minimum atomic E-state index is -0.462. The minimum Gasteiger partial charge on any atom is -0.341 e. The summed E-state index contributed by atoms with van der Waals surface area (Å²) in [6, 6.07) is 0.484. The molecular weight excluding hydrogens is 350 g/mol. The summed E-state index contributed by atoms with van der Waals surface area (Å²) in [4.78, 5) is 33.5. The zero-order valence-corrected chi connectivity index (χ0v) is 16.7. The quantitative estimate of drug-likeness (QED) is 0.821. The first-order valence-electron chi connectivity index (χ1n) is 9.31. The van der Waals surface area contributed by atoms with Crippen molar-refractivity contribution in [2.75, 3.05) is 44.6 Å². The molecule has 2 aliphatic heterocycles. The Labute approximate surface area is 159 Å². The number of thiazole rings is 1. The van der Waals surface area contributed by atoms with Crippen LogP contribution in [-0.4, -0.2) is 71.9 Å². The molecule has 0 bridgehead atoms. The van der Waals surface area contributed by atoms with Crippen LogP contribution in [0.25, 0.3) is 0 Å². The molecule has 3 rings (SSSR count). The Morgan fingerprint density at radius 2 is 2.04 bits per heavy atom. The molecule has 8 heteroatoms. The van der Waals surface area contributed by atoms with Crippen molar-refractivity contribution in [3.63, 3.8) is 0 Å². The smallest absolute Gasteiger partial charge is 0.231 e. The molecule has 2 fully saturated rings. The molecule has 0 aliphatic carbocycles. The highest BCUT2D eigenvalue weighted by Gasteiger charge is 2.31. The SMILES string of the molecule is CC(C)(C)C(=O)Nc1nc(CC(=O)N2CCC(N3CCNCC3)C2)cs1. The van der Waals surface area contributed by atoms with Gasteiger partial charge in [-0.1, -0.05) is 20.8 Å². The van der Waals surface area contributed by atoms with Crippen molar-refractivity contribution >= 4 is 28.3 Å². The van der Waals surface area contributed by atoms with Gasteiger partial charge in [0.1, 0.15) is 0 Å². The zero-order chi connectivity index (χ0) is 18.7. The van der Waals surface area contributed by atoms with Gasteiger partial charge in [-0.05, 0) is 6.42 Å². The molecule has 2 aliphatic rings. The highest BCUT2D eigenvalue weighted by molar-refractivity contribution is 7.13. The van der Waals surface area contributed by atoms with Gasteiger partial charge in [0.2, 0.25) is 11.8 Å². The molecule has 0 spiro atoms. The molecule has 2 saturated heterocycles. The highest BCUT2D eigenvalue weighted by atomic mass is 32.1. The van der Waals surface area contributed by atoms with Crippen molar-refractivity contribution in [1.29, 1.82) is 0 Å². The monoisotopic (exact) mass is 379 g/mol. The summed E-state index contributed by atoms with van der Waals surface area (Å²) in [5.74, 6) is 0.0600. The van der Waals surface area contributed by atoms with Gasteiger partial charge in [0, 0.05) is 56.1 Å². The van der Waals surface area contributed by atoms with Crippen LogP contribution in [0.2, 0.25) is 0 Å². The summed E-state index contributed by atoms with van der Waals surface area (Å²) in [6.45, 7) is 11.4. The number of likely N-dealkylation sites (tertiary alicyclic amines) is 1. The van der Waals surface area contributed by atoms with Gasteiger partial charge in [0.25, 0.3) is 0 Å². The Balaban J connectivity index is 1.50. The Bertz CT molecular complexity index is 648. The summed E-state index contributed by atoms with van der Waals surface area (Å²) in [7, 11) is 0. The van der Waals surface area contributed by atoms with E-state index in [9.17, 15) is 9.59 Å². The van der Waals surface area contributed by atoms with Crippen molar-refractivity contribution in [2.45, 2.75) is 39.7 Å². The van der Waals surface area contributed by atoms with Crippen LogP contribution in [0.4, 0.5) is 5.13 Å². The number of amides is 2. The minimum absolute atomic E-state index is 0.0665. The number of anilines is 1. The van der Waals surface area contributed by atoms with Gasteiger partial charge in [-0.25, -0.2) is 4.98 Å². The molecule has 7 nitrogen and oxygen atoms in total. The van der Waals surface area contributed by atoms with Gasteiger partial charge in [-0.15, -0.1) is 11.3 Å². The molecule has 144 valence electrons. The number of nitrogens with one attached hydrogen (secondary N) is 2. The van der Waals surface area contributed by atoms with Crippen LogP contribution < -0.4 is 10.6 Å². The lowest BCUT2D eigenvalue weighted by molar-refractivity contribution is -0.129. The standard InChI is InChI=1S/C18H29N5O2S/c1-18(2,3)16(25)21-17-20-13(12-26-17)10-15(24)23-7-4-14(11-23)22-8-5-19-6-9-22/h12,14,19H,4-11H2,1-3H3,(H,20,21,25). The first kappa shape index (κ1) is 19.3. The largest absolute Gasteiger partial charge is 0.341 e. The Morgan fingerprint density at radius 1 is 1.31 bits per heavy atom. The van der Waals surface area contributed by atoms with E-state index in [0.29, 0.717) is 17.6 Å². The number of nitrogens with zero attached hydrogens (tertiary/aromatic N) is 3. The van der Waals surface area contributed by atoms with Crippen molar-refractivity contribution in [3.8, 4) is 0 Å². The second-order valence-corrected chi connectivity index (χ2v) is 8.95. The van der Waals surface area contributed by atoms with Crippen LogP contribution in [0.1, 0.15) is 32.9 Å². The van der Waals surface area contributed by atoms with Crippen molar-refractivity contribution < 1.29 is 9.59 Å². The molecule has 0 aromatic carbocycles. The molecule has 3 heterocycles. The predicted molar refractivity (Wildman–Crippen MR) is 103 cm³/mol. The third-order valence-electron chi connectivity index (χ3n) is 4.97. The molecule has 1 aromatic rings. The predicted octanol–water partition coefficient (Wildman–Crippen LogP) is 1.18. The van der Waals surface area contributed by atoms with Crippen LogP contribution in [0.5, 0.6) is 0 Å². The van der Waals surface area contributed by atoms with E-state index in [4.69, 9.17) is 0 Å². The summed E-state index contributed by atoms with van der Waals surface area (Å²) >= 11 is 1.37. The Hall–Kier alpha value is -1.51. The van der Waals surface area contributed by atoms with Crippen molar-refractivity contribution in [2.24, 2.45) is 5.41 Å². The fraction of sp³-hybridized carbons (Fsp3) is 0.722. The van der Waals surface area contributed by atoms with E-state index in [1.165, 1.54) is 11.3 Å². The summed E-state index contributed by atoms with van der Waals surface area (Å²) in [6.07, 6.45) is 1.35. The van der Waals surface area contributed by atoms with Gasteiger partial charge >= 0.3 is 0 Å². The maximum atomic E-state index is 12.6. The van der Waals surface area contributed by atoms with Crippen LogP contribution in [0, 0.1) is 5.41 Å². The van der Waals surface area contributed by atoms with Crippen LogP contribution in [0.3, 0.4) is 0 Å². The number of carbonyl (C=O) groups excluding carboxylic acids is 2. The van der Waals surface area contributed by atoms with Crippen molar-refractivity contribution in [3.05, 3.63) is 11.1 Å². The van der Waals surface area contributed by atoms with E-state index in [1.807, 2.05) is 31.1 Å². The lowest BCUT2D eigenvalue weighted by atomic mass is 9.96. The molecule has 26 heavy (non-hydrogen) atoms. The highest BCUT2D eigenvalue weighted by Crippen LogP contribution is 2.22. The molecule has 1 unspecified atom stereocenters. The number of hydrogen-bond acceptors (Lipinski definition) is 6. The maximum Gasteiger partial charge on any atom is 0.231 e. The van der Waals surface area contributed by atoms with E-state index in [2.05, 4.69) is 20.5 Å². The average molecular weight is 380 g/mol.